The Hall–Kier alpha value is -2.37. The van der Waals surface area contributed by atoms with E-state index in [1.54, 1.807) is 6.92 Å². The van der Waals surface area contributed by atoms with Gasteiger partial charge < -0.3 is 14.8 Å². The third-order valence-corrected chi connectivity index (χ3v) is 3.64. The van der Waals surface area contributed by atoms with E-state index in [9.17, 15) is 9.59 Å². The fourth-order valence-corrected chi connectivity index (χ4v) is 2.55. The molecule has 2 aromatic heterocycles. The Labute approximate surface area is 115 Å². The van der Waals surface area contributed by atoms with E-state index in [1.807, 2.05) is 6.07 Å². The van der Waals surface area contributed by atoms with Crippen LogP contribution < -0.4 is 10.9 Å². The van der Waals surface area contributed by atoms with Crippen LogP contribution >= 0.6 is 0 Å². The number of rotatable bonds is 2. The van der Waals surface area contributed by atoms with Crippen LogP contribution in [0, 0.1) is 6.92 Å². The number of carbonyl (C=O) groups is 1. The van der Waals surface area contributed by atoms with Crippen LogP contribution in [0.15, 0.2) is 27.6 Å². The first-order valence-electron chi connectivity index (χ1n) is 6.56. The number of pyridine rings is 1. The van der Waals surface area contributed by atoms with Gasteiger partial charge in [-0.3, -0.25) is 9.59 Å². The summed E-state index contributed by atoms with van der Waals surface area (Å²) < 4.78 is 4.89. The summed E-state index contributed by atoms with van der Waals surface area (Å²) in [4.78, 5) is 26.2. The van der Waals surface area contributed by atoms with Crippen LogP contribution in [0.2, 0.25) is 0 Å². The van der Waals surface area contributed by atoms with Crippen molar-refractivity contribution >= 4 is 5.91 Å². The molecule has 1 aliphatic rings. The zero-order chi connectivity index (χ0) is 14.1. The van der Waals surface area contributed by atoms with Crippen molar-refractivity contribution in [1.82, 2.24) is 15.5 Å². The van der Waals surface area contributed by atoms with Gasteiger partial charge in [0.2, 0.25) is 5.56 Å². The van der Waals surface area contributed by atoms with Gasteiger partial charge in [0.1, 0.15) is 11.3 Å². The molecule has 1 aliphatic carbocycles. The molecule has 0 bridgehead atoms. The smallest absolute Gasteiger partial charge is 0.256 e. The number of aromatic nitrogens is 2. The molecular weight excluding hydrogens is 258 g/mol. The Bertz CT molecular complexity index is 702. The highest BCUT2D eigenvalue weighted by Crippen LogP contribution is 2.18. The zero-order valence-electron chi connectivity index (χ0n) is 11.1. The summed E-state index contributed by atoms with van der Waals surface area (Å²) in [5, 5.41) is 6.59. The second-order valence-corrected chi connectivity index (χ2v) is 5.04. The van der Waals surface area contributed by atoms with Gasteiger partial charge in [-0.1, -0.05) is 11.2 Å². The van der Waals surface area contributed by atoms with Gasteiger partial charge in [-0.2, -0.15) is 0 Å². The molecule has 0 fully saturated rings. The number of H-pyrrole nitrogens is 1. The summed E-state index contributed by atoms with van der Waals surface area (Å²) in [6.07, 6.45) is 3.73. The first-order valence-corrected chi connectivity index (χ1v) is 6.56. The Kier molecular flexibility index (Phi) is 3.14. The highest BCUT2D eigenvalue weighted by Gasteiger charge is 2.22. The third kappa shape index (κ3) is 2.36. The fourth-order valence-electron chi connectivity index (χ4n) is 2.55. The molecule has 3 rings (SSSR count). The van der Waals surface area contributed by atoms with Gasteiger partial charge in [-0.25, -0.2) is 0 Å². The maximum Gasteiger partial charge on any atom is 0.256 e. The minimum Gasteiger partial charge on any atom is -0.361 e. The first kappa shape index (κ1) is 12.7. The summed E-state index contributed by atoms with van der Waals surface area (Å²) in [6, 6.07) is 3.42. The van der Waals surface area contributed by atoms with Gasteiger partial charge in [-0.05, 0) is 31.7 Å². The zero-order valence-corrected chi connectivity index (χ0v) is 11.1. The van der Waals surface area contributed by atoms with E-state index in [1.165, 1.54) is 12.3 Å². The summed E-state index contributed by atoms with van der Waals surface area (Å²) in [5.41, 5.74) is 2.45. The van der Waals surface area contributed by atoms with E-state index < -0.39 is 0 Å². The van der Waals surface area contributed by atoms with Gasteiger partial charge in [0, 0.05) is 17.8 Å². The van der Waals surface area contributed by atoms with Crippen molar-refractivity contribution in [2.24, 2.45) is 0 Å². The Morgan fingerprint density at radius 3 is 3.10 bits per heavy atom. The van der Waals surface area contributed by atoms with Crippen LogP contribution in [0.25, 0.3) is 0 Å². The normalized spacial score (nSPS) is 17.6. The highest BCUT2D eigenvalue weighted by atomic mass is 16.5. The molecule has 0 spiro atoms. The van der Waals surface area contributed by atoms with Gasteiger partial charge in [-0.15, -0.1) is 0 Å². The summed E-state index contributed by atoms with van der Waals surface area (Å²) in [6.45, 7) is 1.71. The highest BCUT2D eigenvalue weighted by molar-refractivity contribution is 5.94. The number of carbonyl (C=O) groups excluding carboxylic acids is 1. The number of nitrogens with one attached hydrogen (secondary N) is 2. The first-order chi connectivity index (χ1) is 9.63. The predicted molar refractivity (Wildman–Crippen MR) is 71.6 cm³/mol. The van der Waals surface area contributed by atoms with Gasteiger partial charge >= 0.3 is 0 Å². The quantitative estimate of drug-likeness (QED) is 0.853. The molecule has 104 valence electrons. The summed E-state index contributed by atoms with van der Waals surface area (Å²) in [7, 11) is 0. The molecular formula is C14H15N3O3. The average Bonchev–Trinajstić information content (AvgIpc) is 2.85. The second-order valence-electron chi connectivity index (χ2n) is 5.04. The molecule has 0 saturated carbocycles. The predicted octanol–water partition coefficient (Wildman–Crippen LogP) is 0.959. The van der Waals surface area contributed by atoms with E-state index in [4.69, 9.17) is 4.52 Å². The van der Waals surface area contributed by atoms with E-state index in [0.717, 1.165) is 30.5 Å². The minimum absolute atomic E-state index is 0.0650. The average molecular weight is 273 g/mol. The van der Waals surface area contributed by atoms with Crippen LogP contribution in [-0.2, 0) is 12.8 Å². The largest absolute Gasteiger partial charge is 0.361 e. The van der Waals surface area contributed by atoms with Crippen LogP contribution in [0.5, 0.6) is 0 Å². The van der Waals surface area contributed by atoms with Gasteiger partial charge in [0.15, 0.2) is 0 Å². The summed E-state index contributed by atoms with van der Waals surface area (Å²) >= 11 is 0. The Balaban J connectivity index is 1.72. The number of amides is 1. The van der Waals surface area contributed by atoms with Crippen molar-refractivity contribution < 1.29 is 9.32 Å². The molecule has 2 aromatic rings. The molecule has 1 unspecified atom stereocenters. The van der Waals surface area contributed by atoms with Crippen molar-refractivity contribution in [3.05, 3.63) is 51.3 Å². The Morgan fingerprint density at radius 2 is 2.35 bits per heavy atom. The molecule has 1 atom stereocenters. The van der Waals surface area contributed by atoms with Gasteiger partial charge in [0.25, 0.3) is 5.91 Å². The number of fused-ring (bicyclic) bond motifs is 1. The van der Waals surface area contributed by atoms with Crippen molar-refractivity contribution in [2.75, 3.05) is 0 Å². The number of hydrogen-bond donors (Lipinski definition) is 2. The number of aryl methyl sites for hydroxylation is 2. The lowest BCUT2D eigenvalue weighted by molar-refractivity contribution is 0.0932. The number of hydrogen-bond acceptors (Lipinski definition) is 4. The van der Waals surface area contributed by atoms with E-state index in [2.05, 4.69) is 15.5 Å². The van der Waals surface area contributed by atoms with Crippen molar-refractivity contribution in [1.29, 1.82) is 0 Å². The van der Waals surface area contributed by atoms with E-state index in [-0.39, 0.29) is 17.5 Å². The Morgan fingerprint density at radius 1 is 1.50 bits per heavy atom. The van der Waals surface area contributed by atoms with E-state index >= 15 is 0 Å². The molecule has 0 aromatic carbocycles. The van der Waals surface area contributed by atoms with E-state index in [0.29, 0.717) is 11.3 Å². The van der Waals surface area contributed by atoms with Crippen molar-refractivity contribution in [3.63, 3.8) is 0 Å². The van der Waals surface area contributed by atoms with Crippen molar-refractivity contribution in [2.45, 2.75) is 32.2 Å². The minimum atomic E-state index is -0.165. The lowest BCUT2D eigenvalue weighted by atomic mass is 9.91. The van der Waals surface area contributed by atoms with Crippen molar-refractivity contribution in [3.8, 4) is 0 Å². The number of aromatic amines is 1. The molecule has 20 heavy (non-hydrogen) atoms. The third-order valence-electron chi connectivity index (χ3n) is 3.64. The molecule has 6 nitrogen and oxygen atoms in total. The lowest BCUT2D eigenvalue weighted by Gasteiger charge is -2.24. The maximum absolute atomic E-state index is 12.1. The monoisotopic (exact) mass is 273 g/mol. The molecule has 6 heteroatoms. The van der Waals surface area contributed by atoms with Gasteiger partial charge in [0.05, 0.1) is 6.20 Å². The van der Waals surface area contributed by atoms with Crippen LogP contribution in [0.3, 0.4) is 0 Å². The molecule has 2 heterocycles. The fraction of sp³-hybridized carbons (Fsp3) is 0.357. The SMILES string of the molecule is Cc1oncc1C(=O)NC1CCc2[nH]c(=O)ccc2C1. The van der Waals surface area contributed by atoms with Crippen LogP contribution in [0.1, 0.15) is 33.8 Å². The molecule has 1 amide bonds. The topological polar surface area (TPSA) is 88.0 Å². The molecule has 0 aliphatic heterocycles. The van der Waals surface area contributed by atoms with Crippen LogP contribution in [-0.4, -0.2) is 22.1 Å². The molecule has 2 N–H and O–H groups in total. The second kappa shape index (κ2) is 4.96. The maximum atomic E-state index is 12.1. The standard InChI is InChI=1S/C14H15N3O3/c1-8-11(7-15-20-8)14(19)16-10-3-4-12-9(6-10)2-5-13(18)17-12/h2,5,7,10H,3-4,6H2,1H3,(H,16,19)(H,17,18). The lowest BCUT2D eigenvalue weighted by Crippen LogP contribution is -2.39. The number of nitrogens with zero attached hydrogens (tertiary/aromatic N) is 1. The molecule has 0 radical (unpaired) electrons. The molecule has 0 saturated heterocycles. The van der Waals surface area contributed by atoms with Crippen LogP contribution in [0.4, 0.5) is 0 Å². The summed E-state index contributed by atoms with van der Waals surface area (Å²) in [5.74, 6) is 0.352.